The van der Waals surface area contributed by atoms with Crippen molar-refractivity contribution in [3.05, 3.63) is 19.9 Å². The molecule has 1 amide bonds. The van der Waals surface area contributed by atoms with Gasteiger partial charge in [-0.05, 0) is 47.9 Å². The number of nitrogens with two attached hydrogens (primary N) is 1. The lowest BCUT2D eigenvalue weighted by molar-refractivity contribution is 0.0786. The molecule has 1 aliphatic heterocycles. The maximum Gasteiger partial charge on any atom is 0.254 e. The van der Waals surface area contributed by atoms with Crippen LogP contribution in [-0.4, -0.2) is 29.9 Å². The van der Waals surface area contributed by atoms with Crippen LogP contribution < -0.4 is 5.73 Å². The third-order valence-electron chi connectivity index (χ3n) is 3.07. The number of hydrogen-bond acceptors (Lipinski definition) is 3. The summed E-state index contributed by atoms with van der Waals surface area (Å²) >= 11 is 3.85. The maximum atomic E-state index is 12.1. The number of amides is 1. The van der Waals surface area contributed by atoms with Crippen LogP contribution in [0.5, 0.6) is 0 Å². The molecule has 2 rings (SSSR count). The van der Waals surface area contributed by atoms with E-state index in [2.05, 4.69) is 22.6 Å². The van der Waals surface area contributed by atoms with Gasteiger partial charge in [-0.15, -0.1) is 23.7 Å². The fourth-order valence-corrected chi connectivity index (χ4v) is 3.33. The van der Waals surface area contributed by atoms with Crippen molar-refractivity contribution in [1.29, 1.82) is 0 Å². The van der Waals surface area contributed by atoms with Gasteiger partial charge in [0.15, 0.2) is 0 Å². The first-order valence-electron chi connectivity index (χ1n) is 5.37. The highest BCUT2D eigenvalue weighted by Gasteiger charge is 2.29. The molecule has 1 fully saturated rings. The summed E-state index contributed by atoms with van der Waals surface area (Å²) in [5, 5.41) is 1.93. The average molecular weight is 387 g/mol. The zero-order valence-electron chi connectivity index (χ0n) is 9.56. The summed E-state index contributed by atoms with van der Waals surface area (Å²) in [5.41, 5.74) is 6.68. The van der Waals surface area contributed by atoms with Crippen LogP contribution in [0.4, 0.5) is 0 Å². The summed E-state index contributed by atoms with van der Waals surface area (Å²) in [6, 6.07) is 2.13. The van der Waals surface area contributed by atoms with E-state index in [1.54, 1.807) is 11.3 Å². The van der Waals surface area contributed by atoms with Crippen LogP contribution in [0.1, 0.15) is 23.7 Å². The Bertz CT molecular complexity index is 397. The molecule has 96 valence electrons. The first kappa shape index (κ1) is 15.2. The second-order valence-electron chi connectivity index (χ2n) is 4.30. The molecule has 0 saturated carbocycles. The van der Waals surface area contributed by atoms with Crippen molar-refractivity contribution >= 4 is 52.2 Å². The van der Waals surface area contributed by atoms with Gasteiger partial charge in [-0.1, -0.05) is 0 Å². The molecule has 17 heavy (non-hydrogen) atoms. The molecular weight excluding hydrogens is 371 g/mol. The highest BCUT2D eigenvalue weighted by Crippen LogP contribution is 2.23. The normalized spacial score (nSPS) is 21.1. The summed E-state index contributed by atoms with van der Waals surface area (Å²) in [4.78, 5) is 14.0. The Morgan fingerprint density at radius 1 is 1.71 bits per heavy atom. The van der Waals surface area contributed by atoms with Crippen LogP contribution in [0.2, 0.25) is 0 Å². The van der Waals surface area contributed by atoms with Gasteiger partial charge < -0.3 is 10.6 Å². The Labute approximate surface area is 125 Å². The van der Waals surface area contributed by atoms with Gasteiger partial charge in [0.2, 0.25) is 0 Å². The first-order valence-corrected chi connectivity index (χ1v) is 7.32. The summed E-state index contributed by atoms with van der Waals surface area (Å²) in [6.45, 7) is 3.67. The van der Waals surface area contributed by atoms with Gasteiger partial charge in [0.1, 0.15) is 0 Å². The van der Waals surface area contributed by atoms with Crippen LogP contribution in [0.15, 0.2) is 11.4 Å². The number of halogens is 2. The molecule has 1 saturated heterocycles. The zero-order valence-corrected chi connectivity index (χ0v) is 13.3. The molecule has 2 heterocycles. The standard InChI is InChI=1S/C11H15IN2OS.ClH/c1-7(13)8-2-3-14(5-8)11(15)9-4-10(12)16-6-9;/h4,6-8H,2-3,5,13H2,1H3;1H. The van der Waals surface area contributed by atoms with Crippen molar-refractivity contribution in [3.63, 3.8) is 0 Å². The van der Waals surface area contributed by atoms with Crippen molar-refractivity contribution < 1.29 is 4.79 Å². The van der Waals surface area contributed by atoms with E-state index in [0.717, 1.165) is 28.0 Å². The SMILES string of the molecule is CC(N)C1CCN(C(=O)c2csc(I)c2)C1.Cl. The molecule has 2 atom stereocenters. The van der Waals surface area contributed by atoms with Crippen LogP contribution in [0.3, 0.4) is 0 Å². The van der Waals surface area contributed by atoms with Gasteiger partial charge in [0, 0.05) is 24.5 Å². The lowest BCUT2D eigenvalue weighted by atomic mass is 10.0. The largest absolute Gasteiger partial charge is 0.338 e. The van der Waals surface area contributed by atoms with Gasteiger partial charge in [0.05, 0.1) is 8.45 Å². The Morgan fingerprint density at radius 2 is 2.41 bits per heavy atom. The monoisotopic (exact) mass is 386 g/mol. The highest BCUT2D eigenvalue weighted by molar-refractivity contribution is 14.1. The van der Waals surface area contributed by atoms with Crippen LogP contribution in [0.25, 0.3) is 0 Å². The Hall–Kier alpha value is 0.150. The van der Waals surface area contributed by atoms with Crippen LogP contribution >= 0.6 is 46.3 Å². The van der Waals surface area contributed by atoms with Crippen molar-refractivity contribution in [2.75, 3.05) is 13.1 Å². The summed E-state index contributed by atoms with van der Waals surface area (Å²) in [7, 11) is 0. The lowest BCUT2D eigenvalue weighted by Gasteiger charge is -2.17. The number of thiophene rings is 1. The van der Waals surface area contributed by atoms with Gasteiger partial charge in [-0.2, -0.15) is 0 Å². The molecule has 1 aromatic rings. The topological polar surface area (TPSA) is 46.3 Å². The smallest absolute Gasteiger partial charge is 0.254 e. The molecule has 0 aromatic carbocycles. The van der Waals surface area contributed by atoms with E-state index in [9.17, 15) is 4.79 Å². The zero-order chi connectivity index (χ0) is 11.7. The van der Waals surface area contributed by atoms with E-state index in [-0.39, 0.29) is 24.4 Å². The molecule has 3 nitrogen and oxygen atoms in total. The van der Waals surface area contributed by atoms with Gasteiger partial charge >= 0.3 is 0 Å². The number of likely N-dealkylation sites (tertiary alicyclic amines) is 1. The van der Waals surface area contributed by atoms with Crippen molar-refractivity contribution in [1.82, 2.24) is 4.90 Å². The van der Waals surface area contributed by atoms with Crippen LogP contribution in [0, 0.1) is 8.80 Å². The molecule has 0 radical (unpaired) electrons. The quantitative estimate of drug-likeness (QED) is 0.794. The predicted molar refractivity (Wildman–Crippen MR) is 81.9 cm³/mol. The molecule has 6 heteroatoms. The molecule has 0 bridgehead atoms. The van der Waals surface area contributed by atoms with E-state index in [1.165, 1.54) is 0 Å². The number of carbonyl (C=O) groups is 1. The molecule has 1 aromatic heterocycles. The second kappa shape index (κ2) is 6.36. The van der Waals surface area contributed by atoms with Crippen LogP contribution in [-0.2, 0) is 0 Å². The minimum Gasteiger partial charge on any atom is -0.338 e. The highest BCUT2D eigenvalue weighted by atomic mass is 127. The molecule has 2 unspecified atom stereocenters. The van der Waals surface area contributed by atoms with Gasteiger partial charge in [0.25, 0.3) is 5.91 Å². The molecule has 0 spiro atoms. The number of carbonyl (C=O) groups excluding carboxylic acids is 1. The van der Waals surface area contributed by atoms with E-state index in [4.69, 9.17) is 5.73 Å². The molecule has 0 aliphatic carbocycles. The Morgan fingerprint density at radius 3 is 2.88 bits per heavy atom. The minimum atomic E-state index is 0. The molecule has 1 aliphatic rings. The molecule has 2 N–H and O–H groups in total. The van der Waals surface area contributed by atoms with E-state index in [0.29, 0.717) is 5.92 Å². The number of nitrogens with zero attached hydrogens (tertiary/aromatic N) is 1. The number of hydrogen-bond donors (Lipinski definition) is 1. The minimum absolute atomic E-state index is 0. The third-order valence-corrected chi connectivity index (χ3v) is 4.86. The summed E-state index contributed by atoms with van der Waals surface area (Å²) in [5.74, 6) is 0.615. The van der Waals surface area contributed by atoms with E-state index < -0.39 is 0 Å². The number of rotatable bonds is 2. The summed E-state index contributed by atoms with van der Waals surface area (Å²) < 4.78 is 1.16. The second-order valence-corrected chi connectivity index (χ2v) is 7.10. The Balaban J connectivity index is 0.00000144. The average Bonchev–Trinajstić information content (AvgIpc) is 2.84. The fraction of sp³-hybridized carbons (Fsp3) is 0.545. The van der Waals surface area contributed by atoms with Gasteiger partial charge in [-0.3, -0.25) is 4.79 Å². The molecular formula is C11H16ClIN2OS. The third kappa shape index (κ3) is 3.56. The predicted octanol–water partition coefficient (Wildman–Crippen LogP) is 2.58. The summed E-state index contributed by atoms with van der Waals surface area (Å²) in [6.07, 6.45) is 1.03. The van der Waals surface area contributed by atoms with Crippen molar-refractivity contribution in [2.24, 2.45) is 11.7 Å². The van der Waals surface area contributed by atoms with Crippen molar-refractivity contribution in [2.45, 2.75) is 19.4 Å². The van der Waals surface area contributed by atoms with E-state index in [1.807, 2.05) is 23.3 Å². The Kier molecular flexibility index (Phi) is 5.69. The van der Waals surface area contributed by atoms with Gasteiger partial charge in [-0.25, -0.2) is 0 Å². The fourth-order valence-electron chi connectivity index (χ4n) is 2.01. The maximum absolute atomic E-state index is 12.1. The van der Waals surface area contributed by atoms with E-state index >= 15 is 0 Å². The first-order chi connectivity index (χ1) is 7.58. The van der Waals surface area contributed by atoms with Crippen molar-refractivity contribution in [3.8, 4) is 0 Å². The lowest BCUT2D eigenvalue weighted by Crippen LogP contribution is -2.32.